The van der Waals surface area contributed by atoms with Crippen molar-refractivity contribution in [2.45, 2.75) is 44.6 Å². The number of hydrogen-bond donors (Lipinski definition) is 2. The Kier molecular flexibility index (Phi) is 6.78. The van der Waals surface area contributed by atoms with Crippen LogP contribution in [-0.2, 0) is 14.9 Å². The number of rotatable bonds is 3. The molecule has 1 saturated heterocycles. The minimum atomic E-state index is -0.318. The summed E-state index contributed by atoms with van der Waals surface area (Å²) in [5, 5.41) is 12.9. The molecule has 0 atom stereocenters. The lowest BCUT2D eigenvalue weighted by atomic mass is 9.74. The first kappa shape index (κ1) is 17.6. The molecule has 0 aliphatic carbocycles. The van der Waals surface area contributed by atoms with Crippen molar-refractivity contribution < 1.29 is 14.6 Å². The normalized spacial score (nSPS) is 17.3. The van der Waals surface area contributed by atoms with Crippen LogP contribution < -0.4 is 5.32 Å². The van der Waals surface area contributed by atoms with Gasteiger partial charge in [0.1, 0.15) is 5.60 Å². The third-order valence-electron chi connectivity index (χ3n) is 3.54. The van der Waals surface area contributed by atoms with Gasteiger partial charge in [0, 0.05) is 17.8 Å². The zero-order valence-corrected chi connectivity index (χ0v) is 13.1. The molecule has 1 aromatic heterocycles. The van der Waals surface area contributed by atoms with Gasteiger partial charge >= 0.3 is 0 Å². The van der Waals surface area contributed by atoms with Gasteiger partial charge in [0.2, 0.25) is 0 Å². The van der Waals surface area contributed by atoms with Crippen LogP contribution in [0.15, 0.2) is 24.5 Å². The lowest BCUT2D eigenvalue weighted by Crippen LogP contribution is -2.42. The molecule has 2 heterocycles. The van der Waals surface area contributed by atoms with Gasteiger partial charge in [-0.2, -0.15) is 0 Å². The molecule has 0 aromatic carbocycles. The summed E-state index contributed by atoms with van der Waals surface area (Å²) in [6, 6.07) is 4.00. The smallest absolute Gasteiger partial charge is 0.293 e. The van der Waals surface area contributed by atoms with Crippen molar-refractivity contribution in [1.29, 1.82) is 0 Å². The molecule has 2 N–H and O–H groups in total. The van der Waals surface area contributed by atoms with E-state index in [1.54, 1.807) is 6.20 Å². The van der Waals surface area contributed by atoms with Crippen LogP contribution in [0.5, 0.6) is 0 Å². The van der Waals surface area contributed by atoms with E-state index in [-0.39, 0.29) is 17.6 Å². The highest BCUT2D eigenvalue weighted by atomic mass is 16.5. The molecule has 1 aliphatic rings. The van der Waals surface area contributed by atoms with Crippen LogP contribution in [0.4, 0.5) is 0 Å². The number of nitrogens with one attached hydrogen (secondary N) is 1. The average Bonchev–Trinajstić information content (AvgIpc) is 2.48. The maximum atomic E-state index is 9.60. The molecule has 0 amide bonds. The Morgan fingerprint density at radius 1 is 1.43 bits per heavy atom. The molecule has 0 spiro atoms. The maximum absolute atomic E-state index is 9.60. The maximum Gasteiger partial charge on any atom is 0.293 e. The van der Waals surface area contributed by atoms with Gasteiger partial charge < -0.3 is 15.2 Å². The predicted octanol–water partition coefficient (Wildman–Crippen LogP) is 1.65. The fraction of sp³-hybridized carbons (Fsp3) is 0.625. The summed E-state index contributed by atoms with van der Waals surface area (Å²) in [7, 11) is 0. The zero-order chi connectivity index (χ0) is 15.8. The summed E-state index contributed by atoms with van der Waals surface area (Å²) < 4.78 is 4.55. The second-order valence-electron chi connectivity index (χ2n) is 6.26. The number of aliphatic hydroxyl groups is 1. The fourth-order valence-corrected chi connectivity index (χ4v) is 2.26. The van der Waals surface area contributed by atoms with Crippen molar-refractivity contribution in [1.82, 2.24) is 10.3 Å². The Morgan fingerprint density at radius 2 is 2.10 bits per heavy atom. The van der Waals surface area contributed by atoms with E-state index < -0.39 is 0 Å². The molecule has 0 bridgehead atoms. The Balaban J connectivity index is 0.000000270. The highest BCUT2D eigenvalue weighted by molar-refractivity contribution is 5.37. The first-order chi connectivity index (χ1) is 9.93. The number of carbonyl (C=O) groups is 1. The van der Waals surface area contributed by atoms with E-state index in [1.165, 1.54) is 5.56 Å². The monoisotopic (exact) mass is 294 g/mol. The molecule has 21 heavy (non-hydrogen) atoms. The summed E-state index contributed by atoms with van der Waals surface area (Å²) in [6.45, 7) is 8.11. The van der Waals surface area contributed by atoms with Gasteiger partial charge in [0.05, 0.1) is 6.61 Å². The topological polar surface area (TPSA) is 71.5 Å². The van der Waals surface area contributed by atoms with Gasteiger partial charge in [-0.25, -0.2) is 0 Å². The number of carbonyl (C=O) groups excluding carboxylic acids is 1. The van der Waals surface area contributed by atoms with E-state index in [4.69, 9.17) is 0 Å². The molecule has 1 aliphatic heterocycles. The van der Waals surface area contributed by atoms with Crippen molar-refractivity contribution >= 4 is 6.47 Å². The number of hydrogen-bond acceptors (Lipinski definition) is 5. The molecule has 5 heteroatoms. The number of aromatic nitrogens is 1. The molecular weight excluding hydrogens is 268 g/mol. The van der Waals surface area contributed by atoms with E-state index in [9.17, 15) is 9.90 Å². The second-order valence-corrected chi connectivity index (χ2v) is 6.26. The summed E-state index contributed by atoms with van der Waals surface area (Å²) in [5.41, 5.74) is 0.797. The SMILES string of the molecule is CC(C)(C)OC=O.OCC1(c2cccnc2)CCNCC1. The minimum absolute atomic E-state index is 0.0560. The Labute approximate surface area is 126 Å². The van der Waals surface area contributed by atoms with E-state index in [0.29, 0.717) is 6.47 Å². The summed E-state index contributed by atoms with van der Waals surface area (Å²) in [5.74, 6) is 0. The van der Waals surface area contributed by atoms with Gasteiger partial charge in [-0.05, 0) is 58.3 Å². The van der Waals surface area contributed by atoms with E-state index in [0.717, 1.165) is 25.9 Å². The standard InChI is InChI=1S/C11H16N2O.C5H10O2/c14-9-11(3-6-12-7-4-11)10-2-1-5-13-8-10;1-5(2,3)7-4-6/h1-2,5,8,12,14H,3-4,6-7,9H2;4H,1-3H3. The summed E-state index contributed by atoms with van der Waals surface area (Å²) in [4.78, 5) is 13.7. The lowest BCUT2D eigenvalue weighted by molar-refractivity contribution is -0.138. The van der Waals surface area contributed by atoms with Crippen LogP contribution in [0.2, 0.25) is 0 Å². The van der Waals surface area contributed by atoms with Crippen molar-refractivity contribution in [3.05, 3.63) is 30.1 Å². The second kappa shape index (κ2) is 8.10. The molecule has 0 saturated carbocycles. The van der Waals surface area contributed by atoms with Crippen molar-refractivity contribution in [3.8, 4) is 0 Å². The average molecular weight is 294 g/mol. The number of ether oxygens (including phenoxy) is 1. The lowest BCUT2D eigenvalue weighted by Gasteiger charge is -2.36. The van der Waals surface area contributed by atoms with Crippen LogP contribution in [0.3, 0.4) is 0 Å². The number of piperidine rings is 1. The summed E-state index contributed by atoms with van der Waals surface area (Å²) >= 11 is 0. The van der Waals surface area contributed by atoms with Crippen LogP contribution in [0.25, 0.3) is 0 Å². The quantitative estimate of drug-likeness (QED) is 0.830. The molecule has 2 rings (SSSR count). The molecule has 1 aromatic rings. The molecule has 118 valence electrons. The van der Waals surface area contributed by atoms with E-state index in [2.05, 4.69) is 21.1 Å². The van der Waals surface area contributed by atoms with Gasteiger partial charge in [-0.1, -0.05) is 6.07 Å². The largest absolute Gasteiger partial charge is 0.462 e. The molecule has 0 radical (unpaired) electrons. The molecular formula is C16H26N2O3. The molecule has 5 nitrogen and oxygen atoms in total. The highest BCUT2D eigenvalue weighted by Crippen LogP contribution is 2.32. The third kappa shape index (κ3) is 5.81. The van der Waals surface area contributed by atoms with Crippen molar-refractivity contribution in [3.63, 3.8) is 0 Å². The Hall–Kier alpha value is -1.46. The first-order valence-electron chi connectivity index (χ1n) is 7.27. The Bertz CT molecular complexity index is 409. The van der Waals surface area contributed by atoms with Gasteiger partial charge in [-0.3, -0.25) is 9.78 Å². The van der Waals surface area contributed by atoms with Crippen molar-refractivity contribution in [2.24, 2.45) is 0 Å². The van der Waals surface area contributed by atoms with Gasteiger partial charge in [0.25, 0.3) is 6.47 Å². The first-order valence-corrected chi connectivity index (χ1v) is 7.27. The van der Waals surface area contributed by atoms with Crippen molar-refractivity contribution in [2.75, 3.05) is 19.7 Å². The van der Waals surface area contributed by atoms with E-state index >= 15 is 0 Å². The highest BCUT2D eigenvalue weighted by Gasteiger charge is 2.33. The fourth-order valence-electron chi connectivity index (χ4n) is 2.26. The third-order valence-corrected chi connectivity index (χ3v) is 3.54. The zero-order valence-electron chi connectivity index (χ0n) is 13.1. The Morgan fingerprint density at radius 3 is 2.48 bits per heavy atom. The van der Waals surface area contributed by atoms with Crippen LogP contribution >= 0.6 is 0 Å². The molecule has 0 unspecified atom stereocenters. The summed E-state index contributed by atoms with van der Waals surface area (Å²) in [6.07, 6.45) is 5.64. The number of aliphatic hydroxyl groups excluding tert-OH is 1. The molecule has 1 fully saturated rings. The minimum Gasteiger partial charge on any atom is -0.462 e. The van der Waals surface area contributed by atoms with E-state index in [1.807, 2.05) is 33.0 Å². The number of nitrogens with zero attached hydrogens (tertiary/aromatic N) is 1. The predicted molar refractivity (Wildman–Crippen MR) is 82.0 cm³/mol. The van der Waals surface area contributed by atoms with Crippen LogP contribution in [-0.4, -0.2) is 41.9 Å². The van der Waals surface area contributed by atoms with Crippen LogP contribution in [0.1, 0.15) is 39.2 Å². The number of pyridine rings is 1. The van der Waals surface area contributed by atoms with Gasteiger partial charge in [0.15, 0.2) is 0 Å². The van der Waals surface area contributed by atoms with Crippen LogP contribution in [0, 0.1) is 0 Å². The van der Waals surface area contributed by atoms with Gasteiger partial charge in [-0.15, -0.1) is 0 Å².